The van der Waals surface area contributed by atoms with Crippen LogP contribution in [0.4, 0.5) is 4.79 Å². The van der Waals surface area contributed by atoms with Crippen LogP contribution in [0.2, 0.25) is 0 Å². The lowest BCUT2D eigenvalue weighted by Gasteiger charge is -2.15. The molecule has 4 nitrogen and oxygen atoms in total. The zero-order valence-electron chi connectivity index (χ0n) is 6.68. The number of benzene rings is 1. The molecule has 1 heterocycles. The molecule has 1 atom stereocenters. The summed E-state index contributed by atoms with van der Waals surface area (Å²) in [5, 5.41) is 0. The van der Waals surface area contributed by atoms with E-state index in [4.69, 9.17) is 10.3 Å². The summed E-state index contributed by atoms with van der Waals surface area (Å²) >= 11 is 0. The fraction of sp³-hybridized carbons (Fsp3) is 0. The molecule has 0 radical (unpaired) electrons. The summed E-state index contributed by atoms with van der Waals surface area (Å²) in [5.41, 5.74) is 5.44. The molecular formula is C8H7N2O2P. The number of nitrogens with two attached hydrogens (primary N) is 1. The van der Waals surface area contributed by atoms with Crippen LogP contribution in [0.15, 0.2) is 29.0 Å². The maximum absolute atomic E-state index is 10.8. The summed E-state index contributed by atoms with van der Waals surface area (Å²) in [5.74, 6) is 0.669. The van der Waals surface area contributed by atoms with E-state index in [1.807, 2.05) is 18.2 Å². The van der Waals surface area contributed by atoms with Gasteiger partial charge in [-0.3, -0.25) is 4.79 Å². The van der Waals surface area contributed by atoms with E-state index in [1.165, 1.54) is 0 Å². The molecular weight excluding hydrogens is 187 g/mol. The second-order valence-corrected chi connectivity index (χ2v) is 3.89. The van der Waals surface area contributed by atoms with Crippen molar-refractivity contribution >= 4 is 20.2 Å². The molecule has 1 aliphatic heterocycles. The van der Waals surface area contributed by atoms with Gasteiger partial charge in [-0.15, -0.1) is 0 Å². The molecule has 13 heavy (non-hydrogen) atoms. The van der Waals surface area contributed by atoms with Crippen molar-refractivity contribution in [3.05, 3.63) is 29.8 Å². The van der Waals surface area contributed by atoms with Gasteiger partial charge in [-0.05, 0) is 12.1 Å². The van der Waals surface area contributed by atoms with Crippen LogP contribution in [0.5, 0.6) is 5.75 Å². The van der Waals surface area contributed by atoms with Gasteiger partial charge in [0.15, 0.2) is 0 Å². The van der Waals surface area contributed by atoms with Gasteiger partial charge in [0.2, 0.25) is 0 Å². The Balaban J connectivity index is 2.34. The lowest BCUT2D eigenvalue weighted by molar-refractivity contribution is 0.265. The van der Waals surface area contributed by atoms with E-state index >= 15 is 0 Å². The third-order valence-corrected chi connectivity index (χ3v) is 2.67. The summed E-state index contributed by atoms with van der Waals surface area (Å²) in [6.07, 6.45) is 1.62. The first-order chi connectivity index (χ1) is 6.27. The van der Waals surface area contributed by atoms with Crippen molar-refractivity contribution in [3.8, 4) is 5.75 Å². The maximum atomic E-state index is 10.8. The average molecular weight is 194 g/mol. The molecule has 5 heteroatoms. The van der Waals surface area contributed by atoms with Gasteiger partial charge in [-0.25, -0.2) is 4.76 Å². The second-order valence-electron chi connectivity index (χ2n) is 2.48. The topological polar surface area (TPSA) is 64.7 Å². The molecule has 0 saturated carbocycles. The van der Waals surface area contributed by atoms with Crippen molar-refractivity contribution in [2.24, 2.45) is 10.5 Å². The Morgan fingerprint density at radius 1 is 1.46 bits per heavy atom. The molecule has 1 aliphatic rings. The van der Waals surface area contributed by atoms with Gasteiger partial charge in [-0.2, -0.15) is 0 Å². The summed E-state index contributed by atoms with van der Waals surface area (Å²) in [4.78, 5) is 10.8. The SMILES string of the molecule is NC(=O)P1N=Cc2ccccc2O1. The first kappa shape index (κ1) is 8.20. The number of hydrogen-bond acceptors (Lipinski definition) is 3. The van der Waals surface area contributed by atoms with Crippen LogP contribution in [-0.2, 0) is 0 Å². The van der Waals surface area contributed by atoms with Gasteiger partial charge in [0.25, 0.3) is 0 Å². The Hall–Kier alpha value is -1.41. The highest BCUT2D eigenvalue weighted by atomic mass is 31.2. The summed E-state index contributed by atoms with van der Waals surface area (Å²) in [6.45, 7) is 0. The first-order valence-electron chi connectivity index (χ1n) is 3.68. The predicted octanol–water partition coefficient (Wildman–Crippen LogP) is 1.89. The molecule has 0 saturated heterocycles. The van der Waals surface area contributed by atoms with Gasteiger partial charge < -0.3 is 10.3 Å². The quantitative estimate of drug-likeness (QED) is 0.693. The van der Waals surface area contributed by atoms with Crippen molar-refractivity contribution in [2.75, 3.05) is 0 Å². The number of carbonyl (C=O) groups is 1. The first-order valence-corrected chi connectivity index (χ1v) is 4.89. The smallest absolute Gasteiger partial charge is 0.306 e. The molecule has 66 valence electrons. The number of hydrogen-bond donors (Lipinski definition) is 1. The van der Waals surface area contributed by atoms with Gasteiger partial charge >= 0.3 is 13.9 Å². The predicted molar refractivity (Wildman–Crippen MR) is 51.2 cm³/mol. The molecule has 0 aliphatic carbocycles. The van der Waals surface area contributed by atoms with Crippen LogP contribution >= 0.6 is 8.30 Å². The highest BCUT2D eigenvalue weighted by Crippen LogP contribution is 2.43. The molecule has 0 bridgehead atoms. The van der Waals surface area contributed by atoms with E-state index in [2.05, 4.69) is 4.76 Å². The van der Waals surface area contributed by atoms with Crippen LogP contribution in [-0.4, -0.2) is 11.9 Å². The van der Waals surface area contributed by atoms with Crippen LogP contribution in [0.1, 0.15) is 5.56 Å². The van der Waals surface area contributed by atoms with Crippen LogP contribution in [0.25, 0.3) is 0 Å². The number of fused-ring (bicyclic) bond motifs is 1. The Morgan fingerprint density at radius 2 is 2.23 bits per heavy atom. The van der Waals surface area contributed by atoms with E-state index in [1.54, 1.807) is 12.3 Å². The minimum absolute atomic E-state index is 0.513. The zero-order valence-corrected chi connectivity index (χ0v) is 7.57. The highest BCUT2D eigenvalue weighted by Gasteiger charge is 2.21. The lowest BCUT2D eigenvalue weighted by atomic mass is 10.2. The van der Waals surface area contributed by atoms with E-state index < -0.39 is 13.9 Å². The van der Waals surface area contributed by atoms with Crippen molar-refractivity contribution in [1.29, 1.82) is 0 Å². The Labute approximate surface area is 76.3 Å². The molecule has 0 aromatic heterocycles. The second kappa shape index (κ2) is 3.15. The number of para-hydroxylation sites is 1. The van der Waals surface area contributed by atoms with E-state index in [-0.39, 0.29) is 0 Å². The summed E-state index contributed by atoms with van der Waals surface area (Å²) < 4.78 is 9.20. The maximum Gasteiger partial charge on any atom is 0.306 e. The van der Waals surface area contributed by atoms with Crippen LogP contribution in [0, 0.1) is 0 Å². The summed E-state index contributed by atoms with van der Waals surface area (Å²) in [7, 11) is -1.51. The third-order valence-electron chi connectivity index (χ3n) is 1.59. The minimum atomic E-state index is -1.51. The lowest BCUT2D eigenvalue weighted by Crippen LogP contribution is -2.10. The van der Waals surface area contributed by atoms with E-state index in [0.29, 0.717) is 5.75 Å². The molecule has 2 N–H and O–H groups in total. The largest absolute Gasteiger partial charge is 0.444 e. The monoisotopic (exact) mass is 194 g/mol. The van der Waals surface area contributed by atoms with Gasteiger partial charge in [-0.1, -0.05) is 12.1 Å². The Morgan fingerprint density at radius 3 is 3.00 bits per heavy atom. The highest BCUT2D eigenvalue weighted by molar-refractivity contribution is 7.69. The van der Waals surface area contributed by atoms with Gasteiger partial charge in [0.1, 0.15) is 5.75 Å². The number of amides is 1. The molecule has 1 unspecified atom stereocenters. The van der Waals surface area contributed by atoms with Gasteiger partial charge in [0.05, 0.1) is 0 Å². The molecule has 0 spiro atoms. The number of carbonyl (C=O) groups excluding carboxylic acids is 1. The van der Waals surface area contributed by atoms with Crippen LogP contribution < -0.4 is 10.3 Å². The molecule has 2 rings (SSSR count). The standard InChI is InChI=1S/C8H7N2O2P/c9-8(11)13-10-5-6-3-1-2-4-7(6)12-13/h1-5H,(H2,9,11). The number of rotatable bonds is 1. The van der Waals surface area contributed by atoms with Crippen molar-refractivity contribution in [1.82, 2.24) is 0 Å². The van der Waals surface area contributed by atoms with Gasteiger partial charge in [0, 0.05) is 11.8 Å². The number of nitrogens with zero attached hydrogens (tertiary/aromatic N) is 1. The molecule has 1 aromatic carbocycles. The average Bonchev–Trinajstić information content (AvgIpc) is 2.17. The Kier molecular flexibility index (Phi) is 1.99. The van der Waals surface area contributed by atoms with Crippen LogP contribution in [0.3, 0.4) is 0 Å². The van der Waals surface area contributed by atoms with Crippen molar-refractivity contribution < 1.29 is 9.32 Å². The molecule has 1 aromatic rings. The Bertz CT molecular complexity index is 378. The molecule has 0 fully saturated rings. The van der Waals surface area contributed by atoms with E-state index in [9.17, 15) is 4.79 Å². The number of primary amides is 1. The fourth-order valence-corrected chi connectivity index (χ4v) is 1.84. The van der Waals surface area contributed by atoms with E-state index in [0.717, 1.165) is 5.56 Å². The minimum Gasteiger partial charge on any atom is -0.444 e. The van der Waals surface area contributed by atoms with Crippen molar-refractivity contribution in [3.63, 3.8) is 0 Å². The van der Waals surface area contributed by atoms with Crippen molar-refractivity contribution in [2.45, 2.75) is 0 Å². The third kappa shape index (κ3) is 1.53. The molecule has 1 amide bonds. The zero-order chi connectivity index (χ0) is 9.26. The fourth-order valence-electron chi connectivity index (χ4n) is 1.00. The summed E-state index contributed by atoms with van der Waals surface area (Å²) in [6, 6.07) is 7.38. The normalized spacial score (nSPS) is 18.9.